The maximum atomic E-state index is 11.1. The van der Waals surface area contributed by atoms with Gasteiger partial charge in [0.1, 0.15) is 6.10 Å². The van der Waals surface area contributed by atoms with Gasteiger partial charge in [0.2, 0.25) is 5.91 Å². The minimum Gasteiger partial charge on any atom is -0.478 e. The fourth-order valence-corrected chi connectivity index (χ4v) is 0.953. The number of carbonyl (C=O) groups excluding carboxylic acids is 1. The summed E-state index contributed by atoms with van der Waals surface area (Å²) in [6.45, 7) is 0.727. The van der Waals surface area contributed by atoms with E-state index in [9.17, 15) is 14.7 Å². The van der Waals surface area contributed by atoms with Crippen molar-refractivity contribution in [3.05, 3.63) is 12.2 Å². The van der Waals surface area contributed by atoms with E-state index in [-0.39, 0.29) is 0 Å². The molecule has 0 radical (unpaired) electrons. The number of carboxylic acid groups (broad SMARTS) is 1. The van der Waals surface area contributed by atoms with Crippen LogP contribution in [0, 0.1) is 0 Å². The van der Waals surface area contributed by atoms with Crippen LogP contribution in [0.4, 0.5) is 0 Å². The minimum absolute atomic E-state index is 0.571. The van der Waals surface area contributed by atoms with E-state index in [1.807, 2.05) is 0 Å². The Morgan fingerprint density at radius 3 is 2.25 bits per heavy atom. The van der Waals surface area contributed by atoms with Gasteiger partial charge in [-0.15, -0.1) is 0 Å². The molecule has 0 aromatic carbocycles. The Kier molecular flexibility index (Phi) is 6.31. The van der Waals surface area contributed by atoms with Crippen LogP contribution in [0.25, 0.3) is 0 Å². The zero-order valence-electron chi connectivity index (χ0n) is 8.70. The van der Waals surface area contributed by atoms with Crippen LogP contribution >= 0.6 is 0 Å². The van der Waals surface area contributed by atoms with Crippen molar-refractivity contribution in [2.24, 2.45) is 0 Å². The minimum atomic E-state index is -1.33. The van der Waals surface area contributed by atoms with Crippen molar-refractivity contribution in [2.75, 3.05) is 6.61 Å². The second-order valence-electron chi connectivity index (χ2n) is 3.20. The molecule has 0 saturated carbocycles. The van der Waals surface area contributed by atoms with E-state index >= 15 is 0 Å². The summed E-state index contributed by atoms with van der Waals surface area (Å²) in [7, 11) is 0. The third-order valence-electron chi connectivity index (χ3n) is 1.81. The SMILES string of the molecule is C[C@@H](O)[C@@H](O)[C@H](CO)NC(=O)/C=C/C(=O)O. The van der Waals surface area contributed by atoms with Crippen LogP contribution in [0.15, 0.2) is 12.2 Å². The van der Waals surface area contributed by atoms with Gasteiger partial charge in [-0.2, -0.15) is 0 Å². The molecule has 3 atom stereocenters. The molecule has 1 amide bonds. The van der Waals surface area contributed by atoms with Gasteiger partial charge in [0, 0.05) is 12.2 Å². The van der Waals surface area contributed by atoms with Crippen LogP contribution in [0.3, 0.4) is 0 Å². The van der Waals surface area contributed by atoms with Crippen LogP contribution in [0.1, 0.15) is 6.92 Å². The van der Waals surface area contributed by atoms with Crippen molar-refractivity contribution in [3.8, 4) is 0 Å². The zero-order valence-corrected chi connectivity index (χ0v) is 8.70. The lowest BCUT2D eigenvalue weighted by atomic mass is 10.1. The molecule has 0 aliphatic rings. The Balaban J connectivity index is 4.33. The van der Waals surface area contributed by atoms with Gasteiger partial charge in [-0.1, -0.05) is 0 Å². The van der Waals surface area contributed by atoms with Crippen molar-refractivity contribution < 1.29 is 30.0 Å². The molecule has 0 aliphatic carbocycles. The van der Waals surface area contributed by atoms with Gasteiger partial charge in [0.15, 0.2) is 0 Å². The number of hydrogen-bond donors (Lipinski definition) is 5. The first kappa shape index (κ1) is 14.6. The summed E-state index contributed by atoms with van der Waals surface area (Å²) in [4.78, 5) is 21.2. The summed E-state index contributed by atoms with van der Waals surface area (Å²) in [5, 5.41) is 37.6. The molecule has 7 heteroatoms. The van der Waals surface area contributed by atoms with E-state index in [1.54, 1.807) is 0 Å². The number of amides is 1. The largest absolute Gasteiger partial charge is 0.478 e. The Hall–Kier alpha value is -1.44. The normalized spacial score (nSPS) is 16.8. The summed E-state index contributed by atoms with van der Waals surface area (Å²) in [5.41, 5.74) is 0. The number of aliphatic hydroxyl groups excluding tert-OH is 3. The maximum Gasteiger partial charge on any atom is 0.328 e. The van der Waals surface area contributed by atoms with E-state index in [2.05, 4.69) is 5.32 Å². The van der Waals surface area contributed by atoms with Crippen LogP contribution < -0.4 is 5.32 Å². The third kappa shape index (κ3) is 5.44. The summed E-state index contributed by atoms with van der Waals surface area (Å²) in [6.07, 6.45) is -1.08. The van der Waals surface area contributed by atoms with Gasteiger partial charge in [-0.25, -0.2) is 4.79 Å². The Labute approximate surface area is 92.0 Å². The molecule has 7 nitrogen and oxygen atoms in total. The number of aliphatic carboxylic acids is 1. The number of hydrogen-bond acceptors (Lipinski definition) is 5. The van der Waals surface area contributed by atoms with Gasteiger partial charge < -0.3 is 25.7 Å². The van der Waals surface area contributed by atoms with E-state index in [0.29, 0.717) is 6.08 Å². The Bertz CT molecular complexity index is 275. The van der Waals surface area contributed by atoms with Gasteiger partial charge in [0.05, 0.1) is 18.8 Å². The Morgan fingerprint density at radius 1 is 1.31 bits per heavy atom. The van der Waals surface area contributed by atoms with E-state index in [4.69, 9.17) is 15.3 Å². The molecule has 0 bridgehead atoms. The highest BCUT2D eigenvalue weighted by Gasteiger charge is 2.23. The molecule has 0 aliphatic heterocycles. The summed E-state index contributed by atoms with van der Waals surface area (Å²) in [6, 6.07) is -1.05. The van der Waals surface area contributed by atoms with Crippen molar-refractivity contribution in [1.82, 2.24) is 5.32 Å². The number of rotatable bonds is 6. The standard InChI is InChI=1S/C9H15NO6/c1-5(12)9(16)6(4-11)10-7(13)2-3-8(14)15/h2-3,5-6,9,11-12,16H,4H2,1H3,(H,10,13)(H,14,15)/b3-2+/t5-,6+,9-/m1/s1. The number of carboxylic acids is 1. The van der Waals surface area contributed by atoms with Crippen LogP contribution in [-0.4, -0.2) is 57.2 Å². The van der Waals surface area contributed by atoms with Gasteiger partial charge >= 0.3 is 5.97 Å². The average Bonchev–Trinajstić information content (AvgIpc) is 2.21. The molecule has 0 unspecified atom stereocenters. The highest BCUT2D eigenvalue weighted by atomic mass is 16.4. The smallest absolute Gasteiger partial charge is 0.328 e. The molecule has 0 fully saturated rings. The van der Waals surface area contributed by atoms with Crippen LogP contribution in [0.5, 0.6) is 0 Å². The molecule has 0 heterocycles. The fourth-order valence-electron chi connectivity index (χ4n) is 0.953. The molecular weight excluding hydrogens is 218 g/mol. The van der Waals surface area contributed by atoms with E-state index in [1.165, 1.54) is 6.92 Å². The van der Waals surface area contributed by atoms with Crippen molar-refractivity contribution in [1.29, 1.82) is 0 Å². The summed E-state index contributed by atoms with van der Waals surface area (Å²) >= 11 is 0. The molecule has 16 heavy (non-hydrogen) atoms. The molecule has 0 rings (SSSR count). The predicted octanol–water partition coefficient (Wildman–Crippen LogP) is -2.15. The fraction of sp³-hybridized carbons (Fsp3) is 0.556. The maximum absolute atomic E-state index is 11.1. The van der Waals surface area contributed by atoms with Crippen LogP contribution in [0.2, 0.25) is 0 Å². The first-order valence-electron chi connectivity index (χ1n) is 4.57. The molecular formula is C9H15NO6. The van der Waals surface area contributed by atoms with Crippen LogP contribution in [-0.2, 0) is 9.59 Å². The number of carbonyl (C=O) groups is 2. The lowest BCUT2D eigenvalue weighted by molar-refractivity contribution is -0.131. The second kappa shape index (κ2) is 6.94. The molecule has 0 spiro atoms. The highest BCUT2D eigenvalue weighted by Crippen LogP contribution is 1.99. The van der Waals surface area contributed by atoms with Gasteiger partial charge in [-0.3, -0.25) is 4.79 Å². The van der Waals surface area contributed by atoms with Crippen molar-refractivity contribution in [2.45, 2.75) is 25.2 Å². The van der Waals surface area contributed by atoms with Gasteiger partial charge in [-0.05, 0) is 6.92 Å². The van der Waals surface area contributed by atoms with E-state index in [0.717, 1.165) is 6.08 Å². The molecule has 92 valence electrons. The van der Waals surface area contributed by atoms with Crippen molar-refractivity contribution in [3.63, 3.8) is 0 Å². The van der Waals surface area contributed by atoms with Crippen molar-refractivity contribution >= 4 is 11.9 Å². The molecule has 0 aromatic rings. The molecule has 0 saturated heterocycles. The molecule has 5 N–H and O–H groups in total. The topological polar surface area (TPSA) is 127 Å². The molecule has 0 aromatic heterocycles. The second-order valence-corrected chi connectivity index (χ2v) is 3.20. The first-order valence-corrected chi connectivity index (χ1v) is 4.57. The lowest BCUT2D eigenvalue weighted by Gasteiger charge is -2.23. The Morgan fingerprint density at radius 2 is 1.88 bits per heavy atom. The van der Waals surface area contributed by atoms with E-state index < -0.39 is 36.7 Å². The third-order valence-corrected chi connectivity index (χ3v) is 1.81. The average molecular weight is 233 g/mol. The number of aliphatic hydroxyl groups is 3. The monoisotopic (exact) mass is 233 g/mol. The number of nitrogens with one attached hydrogen (secondary N) is 1. The quantitative estimate of drug-likeness (QED) is 0.333. The lowest BCUT2D eigenvalue weighted by Crippen LogP contribution is -2.49. The van der Waals surface area contributed by atoms with Gasteiger partial charge in [0.25, 0.3) is 0 Å². The summed E-state index contributed by atoms with van der Waals surface area (Å²) in [5.74, 6) is -2.06. The highest BCUT2D eigenvalue weighted by molar-refractivity contribution is 5.94. The first-order chi connectivity index (χ1) is 7.38. The predicted molar refractivity (Wildman–Crippen MR) is 53.5 cm³/mol. The zero-order chi connectivity index (χ0) is 12.7. The summed E-state index contributed by atoms with van der Waals surface area (Å²) < 4.78 is 0.